The molecule has 1 amide bonds. The lowest BCUT2D eigenvalue weighted by Gasteiger charge is -2.34. The van der Waals surface area contributed by atoms with Crippen molar-refractivity contribution in [2.45, 2.75) is 31.5 Å². The van der Waals surface area contributed by atoms with Gasteiger partial charge in [0, 0.05) is 25.3 Å². The normalized spacial score (nSPS) is 23.1. The van der Waals surface area contributed by atoms with Gasteiger partial charge in [-0.3, -0.25) is 4.79 Å². The molecule has 0 saturated heterocycles. The van der Waals surface area contributed by atoms with Gasteiger partial charge >= 0.3 is 0 Å². The predicted molar refractivity (Wildman–Crippen MR) is 65.6 cm³/mol. The largest absolute Gasteiger partial charge is 0.381 e. The summed E-state index contributed by atoms with van der Waals surface area (Å²) in [6.45, 7) is 0.766. The van der Waals surface area contributed by atoms with Gasteiger partial charge in [-0.15, -0.1) is 0 Å². The molecule has 2 rings (SSSR count). The van der Waals surface area contributed by atoms with Gasteiger partial charge in [-0.25, -0.2) is 0 Å². The number of hydrogen-bond acceptors (Lipinski definition) is 3. The summed E-state index contributed by atoms with van der Waals surface area (Å²) < 4.78 is 5.22. The number of rotatable bonds is 5. The first-order valence-electron chi connectivity index (χ1n) is 5.84. The topological polar surface area (TPSA) is 64.3 Å². The van der Waals surface area contributed by atoms with Crippen LogP contribution in [-0.4, -0.2) is 25.2 Å². The summed E-state index contributed by atoms with van der Waals surface area (Å²) in [6.07, 6.45) is 2.53. The molecule has 0 spiro atoms. The molecule has 1 saturated carbocycles. The van der Waals surface area contributed by atoms with Crippen LogP contribution in [0.4, 0.5) is 0 Å². The van der Waals surface area contributed by atoms with Gasteiger partial charge in [-0.1, -0.05) is 12.1 Å². The number of ether oxygens (including phenoxy) is 1. The Morgan fingerprint density at radius 1 is 1.53 bits per heavy atom. The van der Waals surface area contributed by atoms with Crippen molar-refractivity contribution in [3.8, 4) is 0 Å². The smallest absolute Gasteiger partial charge is 0.248 e. The first-order chi connectivity index (χ1) is 8.19. The summed E-state index contributed by atoms with van der Waals surface area (Å²) >= 11 is 0. The van der Waals surface area contributed by atoms with E-state index in [0.717, 1.165) is 24.9 Å². The van der Waals surface area contributed by atoms with Crippen LogP contribution in [0.2, 0.25) is 0 Å². The van der Waals surface area contributed by atoms with Crippen LogP contribution in [0.3, 0.4) is 0 Å². The highest BCUT2D eigenvalue weighted by molar-refractivity contribution is 5.92. The molecule has 1 fully saturated rings. The Labute approximate surface area is 101 Å². The predicted octanol–water partition coefficient (Wildman–Crippen LogP) is 1.05. The van der Waals surface area contributed by atoms with Crippen LogP contribution in [-0.2, 0) is 11.3 Å². The monoisotopic (exact) mass is 234 g/mol. The van der Waals surface area contributed by atoms with Crippen molar-refractivity contribution in [1.82, 2.24) is 5.32 Å². The van der Waals surface area contributed by atoms with Gasteiger partial charge in [0.15, 0.2) is 0 Å². The van der Waals surface area contributed by atoms with Crippen molar-refractivity contribution >= 4 is 5.91 Å². The minimum atomic E-state index is -0.380. The molecule has 4 nitrogen and oxygen atoms in total. The molecule has 1 aromatic carbocycles. The van der Waals surface area contributed by atoms with Crippen LogP contribution < -0.4 is 11.1 Å². The van der Waals surface area contributed by atoms with E-state index in [1.165, 1.54) is 0 Å². The van der Waals surface area contributed by atoms with Gasteiger partial charge in [0.05, 0.1) is 6.10 Å². The fraction of sp³-hybridized carbons (Fsp3) is 0.462. The van der Waals surface area contributed by atoms with E-state index in [1.807, 2.05) is 18.2 Å². The average molecular weight is 234 g/mol. The van der Waals surface area contributed by atoms with E-state index >= 15 is 0 Å². The SMILES string of the molecule is COC1CC(NCc2cccc(C(N)=O)c2)C1. The zero-order valence-corrected chi connectivity index (χ0v) is 9.98. The Morgan fingerprint density at radius 2 is 2.29 bits per heavy atom. The van der Waals surface area contributed by atoms with Gasteiger partial charge < -0.3 is 15.8 Å². The first-order valence-corrected chi connectivity index (χ1v) is 5.84. The van der Waals surface area contributed by atoms with Crippen LogP contribution in [0.5, 0.6) is 0 Å². The zero-order valence-electron chi connectivity index (χ0n) is 9.98. The van der Waals surface area contributed by atoms with E-state index < -0.39 is 0 Å². The molecule has 0 unspecified atom stereocenters. The number of carbonyl (C=O) groups is 1. The third-order valence-electron chi connectivity index (χ3n) is 3.23. The molecule has 0 radical (unpaired) electrons. The van der Waals surface area contributed by atoms with E-state index in [4.69, 9.17) is 10.5 Å². The number of carbonyl (C=O) groups excluding carboxylic acids is 1. The number of hydrogen-bond donors (Lipinski definition) is 2. The highest BCUT2D eigenvalue weighted by Gasteiger charge is 2.28. The summed E-state index contributed by atoms with van der Waals surface area (Å²) in [6, 6.07) is 7.94. The van der Waals surface area contributed by atoms with Crippen LogP contribution in [0.1, 0.15) is 28.8 Å². The molecule has 92 valence electrons. The Balaban J connectivity index is 1.83. The lowest BCUT2D eigenvalue weighted by atomic mass is 9.89. The molecular formula is C13H18N2O2. The second-order valence-corrected chi connectivity index (χ2v) is 4.47. The number of nitrogens with two attached hydrogens (primary N) is 1. The number of primary amides is 1. The number of amides is 1. The quantitative estimate of drug-likeness (QED) is 0.800. The van der Waals surface area contributed by atoms with Gasteiger partial charge in [0.1, 0.15) is 0 Å². The van der Waals surface area contributed by atoms with Crippen molar-refractivity contribution < 1.29 is 9.53 Å². The van der Waals surface area contributed by atoms with Gasteiger partial charge in [0.2, 0.25) is 5.91 Å². The standard InChI is InChI=1S/C13H18N2O2/c1-17-12-6-11(7-12)15-8-9-3-2-4-10(5-9)13(14)16/h2-5,11-12,15H,6-8H2,1H3,(H2,14,16). The van der Waals surface area contributed by atoms with E-state index in [0.29, 0.717) is 17.7 Å². The molecule has 0 atom stereocenters. The lowest BCUT2D eigenvalue weighted by molar-refractivity contribution is 0.0170. The summed E-state index contributed by atoms with van der Waals surface area (Å²) in [5.74, 6) is -0.380. The Bertz CT molecular complexity index is 400. The van der Waals surface area contributed by atoms with Crippen molar-refractivity contribution in [2.24, 2.45) is 5.73 Å². The highest BCUT2D eigenvalue weighted by Crippen LogP contribution is 2.22. The molecule has 1 aliphatic rings. The fourth-order valence-electron chi connectivity index (χ4n) is 2.02. The molecule has 17 heavy (non-hydrogen) atoms. The van der Waals surface area contributed by atoms with Crippen LogP contribution in [0.25, 0.3) is 0 Å². The summed E-state index contributed by atoms with van der Waals surface area (Å²) in [5, 5.41) is 3.43. The number of methoxy groups -OCH3 is 1. The molecule has 3 N–H and O–H groups in total. The summed E-state index contributed by atoms with van der Waals surface area (Å²) in [4.78, 5) is 11.0. The van der Waals surface area contributed by atoms with E-state index in [9.17, 15) is 4.79 Å². The molecule has 0 aromatic heterocycles. The second kappa shape index (κ2) is 5.29. The molecule has 0 aliphatic heterocycles. The summed E-state index contributed by atoms with van der Waals surface area (Å²) in [7, 11) is 1.75. The second-order valence-electron chi connectivity index (χ2n) is 4.47. The molecule has 0 bridgehead atoms. The maximum Gasteiger partial charge on any atom is 0.248 e. The highest BCUT2D eigenvalue weighted by atomic mass is 16.5. The van der Waals surface area contributed by atoms with Gasteiger partial charge in [-0.05, 0) is 30.5 Å². The zero-order chi connectivity index (χ0) is 12.3. The van der Waals surface area contributed by atoms with Crippen molar-refractivity contribution in [2.75, 3.05) is 7.11 Å². The van der Waals surface area contributed by atoms with Crippen molar-refractivity contribution in [3.05, 3.63) is 35.4 Å². The minimum Gasteiger partial charge on any atom is -0.381 e. The van der Waals surface area contributed by atoms with E-state index in [1.54, 1.807) is 13.2 Å². The van der Waals surface area contributed by atoms with Crippen molar-refractivity contribution in [3.63, 3.8) is 0 Å². The first kappa shape index (κ1) is 12.1. The Hall–Kier alpha value is -1.39. The molecule has 1 aromatic rings. The van der Waals surface area contributed by atoms with E-state index in [2.05, 4.69) is 5.32 Å². The third kappa shape index (κ3) is 3.05. The van der Waals surface area contributed by atoms with Crippen LogP contribution >= 0.6 is 0 Å². The minimum absolute atomic E-state index is 0.380. The maximum atomic E-state index is 11.0. The van der Waals surface area contributed by atoms with Crippen molar-refractivity contribution in [1.29, 1.82) is 0 Å². The average Bonchev–Trinajstić information content (AvgIpc) is 2.27. The lowest BCUT2D eigenvalue weighted by Crippen LogP contribution is -2.44. The fourth-order valence-corrected chi connectivity index (χ4v) is 2.02. The van der Waals surface area contributed by atoms with Crippen LogP contribution in [0.15, 0.2) is 24.3 Å². The summed E-state index contributed by atoms with van der Waals surface area (Å²) in [5.41, 5.74) is 6.88. The molecule has 0 heterocycles. The van der Waals surface area contributed by atoms with Gasteiger partial charge in [0.25, 0.3) is 0 Å². The van der Waals surface area contributed by atoms with E-state index in [-0.39, 0.29) is 5.91 Å². The Morgan fingerprint density at radius 3 is 2.94 bits per heavy atom. The Kier molecular flexibility index (Phi) is 3.76. The number of benzene rings is 1. The maximum absolute atomic E-state index is 11.0. The molecule has 4 heteroatoms. The molecule has 1 aliphatic carbocycles. The molecular weight excluding hydrogens is 216 g/mol. The van der Waals surface area contributed by atoms with Crippen LogP contribution in [0, 0.1) is 0 Å². The van der Waals surface area contributed by atoms with Gasteiger partial charge in [-0.2, -0.15) is 0 Å². The number of nitrogens with one attached hydrogen (secondary N) is 1. The third-order valence-corrected chi connectivity index (χ3v) is 3.23.